The highest BCUT2D eigenvalue weighted by molar-refractivity contribution is 7.07. The molecule has 1 aromatic heterocycles. The van der Waals surface area contributed by atoms with Gasteiger partial charge >= 0.3 is 0 Å². The van der Waals surface area contributed by atoms with Crippen molar-refractivity contribution in [2.75, 3.05) is 0 Å². The lowest BCUT2D eigenvalue weighted by molar-refractivity contribution is 0.278. The summed E-state index contributed by atoms with van der Waals surface area (Å²) in [6, 6.07) is 6.78. The molecule has 0 unspecified atom stereocenters. The average molecular weight is 383 g/mol. The standard InChI is InChI=1S/C19H24Cl2N2S/c1-12(2)22-18-23(13(3)4)17(11-24-18)19(8-5-9-19)14-6-7-15(20)16(21)10-14/h6-7,10-13H,5,8-9H2,1-4H3. The molecule has 1 fully saturated rings. The van der Waals surface area contributed by atoms with E-state index in [0.717, 1.165) is 17.6 Å². The van der Waals surface area contributed by atoms with Gasteiger partial charge in [0.15, 0.2) is 4.80 Å². The van der Waals surface area contributed by atoms with Crippen molar-refractivity contribution in [3.63, 3.8) is 0 Å². The third-order valence-corrected chi connectivity index (χ3v) is 6.39. The molecule has 0 spiro atoms. The zero-order valence-electron chi connectivity index (χ0n) is 14.6. The van der Waals surface area contributed by atoms with E-state index >= 15 is 0 Å². The molecule has 24 heavy (non-hydrogen) atoms. The monoisotopic (exact) mass is 382 g/mol. The van der Waals surface area contributed by atoms with Crippen molar-refractivity contribution in [3.8, 4) is 0 Å². The van der Waals surface area contributed by atoms with Crippen LogP contribution in [0.5, 0.6) is 0 Å². The molecule has 0 radical (unpaired) electrons. The SMILES string of the molecule is CC(C)N=c1scc(C2(c3ccc(Cl)c(Cl)c3)CCC2)n1C(C)C. The van der Waals surface area contributed by atoms with E-state index in [1.807, 2.05) is 12.1 Å². The van der Waals surface area contributed by atoms with E-state index in [9.17, 15) is 0 Å². The summed E-state index contributed by atoms with van der Waals surface area (Å²) in [5, 5.41) is 3.55. The summed E-state index contributed by atoms with van der Waals surface area (Å²) in [5.41, 5.74) is 2.68. The summed E-state index contributed by atoms with van der Waals surface area (Å²) < 4.78 is 2.41. The van der Waals surface area contributed by atoms with Gasteiger partial charge in [0.2, 0.25) is 0 Å². The van der Waals surface area contributed by atoms with Crippen molar-refractivity contribution in [3.05, 3.63) is 49.7 Å². The second kappa shape index (κ2) is 6.86. The van der Waals surface area contributed by atoms with Crippen LogP contribution < -0.4 is 4.80 Å². The highest BCUT2D eigenvalue weighted by atomic mass is 35.5. The molecular weight excluding hydrogens is 359 g/mol. The Hall–Kier alpha value is -0.770. The summed E-state index contributed by atoms with van der Waals surface area (Å²) in [5.74, 6) is 0. The molecule has 3 rings (SSSR count). The highest BCUT2D eigenvalue weighted by Crippen LogP contribution is 2.50. The lowest BCUT2D eigenvalue weighted by atomic mass is 9.62. The Morgan fingerprint density at radius 1 is 1.12 bits per heavy atom. The molecule has 1 saturated carbocycles. The third-order valence-electron chi connectivity index (χ3n) is 4.80. The number of benzene rings is 1. The molecule has 5 heteroatoms. The highest BCUT2D eigenvalue weighted by Gasteiger charge is 2.43. The van der Waals surface area contributed by atoms with E-state index in [0.29, 0.717) is 22.1 Å². The second-order valence-electron chi connectivity index (χ2n) is 7.15. The smallest absolute Gasteiger partial charge is 0.185 e. The molecular formula is C19H24Cl2N2S. The Balaban J connectivity index is 2.18. The Bertz CT molecular complexity index is 798. The van der Waals surface area contributed by atoms with Gasteiger partial charge < -0.3 is 4.57 Å². The van der Waals surface area contributed by atoms with Crippen LogP contribution in [-0.2, 0) is 5.41 Å². The van der Waals surface area contributed by atoms with E-state index in [4.69, 9.17) is 28.2 Å². The molecule has 0 amide bonds. The Kier molecular flexibility index (Phi) is 5.15. The van der Waals surface area contributed by atoms with E-state index < -0.39 is 0 Å². The van der Waals surface area contributed by atoms with Gasteiger partial charge in [0.1, 0.15) is 0 Å². The van der Waals surface area contributed by atoms with E-state index in [1.165, 1.54) is 17.7 Å². The van der Waals surface area contributed by atoms with Crippen LogP contribution in [0.25, 0.3) is 0 Å². The van der Waals surface area contributed by atoms with E-state index in [1.54, 1.807) is 11.3 Å². The predicted molar refractivity (Wildman–Crippen MR) is 104 cm³/mol. The molecule has 0 aliphatic heterocycles. The summed E-state index contributed by atoms with van der Waals surface area (Å²) in [6.45, 7) is 8.72. The first-order chi connectivity index (χ1) is 11.3. The number of aromatic nitrogens is 1. The fraction of sp³-hybridized carbons (Fsp3) is 0.526. The predicted octanol–water partition coefficient (Wildman–Crippen LogP) is 6.22. The molecule has 0 bridgehead atoms. The fourth-order valence-corrected chi connectivity index (χ4v) is 5.05. The minimum Gasteiger partial charge on any atom is -0.318 e. The van der Waals surface area contributed by atoms with Crippen LogP contribution in [0, 0.1) is 0 Å². The lowest BCUT2D eigenvalue weighted by Crippen LogP contribution is -2.39. The van der Waals surface area contributed by atoms with Crippen LogP contribution in [-0.4, -0.2) is 10.6 Å². The fourth-order valence-electron chi connectivity index (χ4n) is 3.50. The molecule has 1 heterocycles. The maximum absolute atomic E-state index is 6.31. The van der Waals surface area contributed by atoms with Crippen LogP contribution in [0.2, 0.25) is 10.0 Å². The zero-order chi connectivity index (χ0) is 17.5. The molecule has 130 valence electrons. The van der Waals surface area contributed by atoms with Gasteiger partial charge in [-0.1, -0.05) is 35.7 Å². The van der Waals surface area contributed by atoms with Crippen LogP contribution in [0.1, 0.15) is 64.3 Å². The van der Waals surface area contributed by atoms with E-state index in [2.05, 4.69) is 43.7 Å². The minimum absolute atomic E-state index is 0.0414. The Morgan fingerprint density at radius 3 is 2.33 bits per heavy atom. The van der Waals surface area contributed by atoms with Crippen molar-refractivity contribution in [2.24, 2.45) is 4.99 Å². The van der Waals surface area contributed by atoms with Gasteiger partial charge in [-0.3, -0.25) is 4.99 Å². The zero-order valence-corrected chi connectivity index (χ0v) is 17.0. The number of nitrogens with zero attached hydrogens (tertiary/aromatic N) is 2. The Morgan fingerprint density at radius 2 is 1.83 bits per heavy atom. The first-order valence-electron chi connectivity index (χ1n) is 8.55. The molecule has 0 N–H and O–H groups in total. The van der Waals surface area contributed by atoms with Gasteiger partial charge in [-0.25, -0.2) is 0 Å². The van der Waals surface area contributed by atoms with Gasteiger partial charge in [-0.05, 0) is 58.2 Å². The number of hydrogen-bond donors (Lipinski definition) is 0. The molecule has 1 aliphatic rings. The maximum Gasteiger partial charge on any atom is 0.185 e. The van der Waals surface area contributed by atoms with Gasteiger partial charge in [0.25, 0.3) is 0 Å². The maximum atomic E-state index is 6.31. The molecule has 2 nitrogen and oxygen atoms in total. The largest absolute Gasteiger partial charge is 0.318 e. The molecule has 0 saturated heterocycles. The molecule has 2 aromatic rings. The molecule has 1 aromatic carbocycles. The van der Waals surface area contributed by atoms with Crippen molar-refractivity contribution < 1.29 is 0 Å². The number of thiazole rings is 1. The van der Waals surface area contributed by atoms with Crippen LogP contribution in [0.4, 0.5) is 0 Å². The second-order valence-corrected chi connectivity index (χ2v) is 8.81. The third kappa shape index (κ3) is 3.07. The van der Waals surface area contributed by atoms with Crippen LogP contribution in [0.3, 0.4) is 0 Å². The number of hydrogen-bond acceptors (Lipinski definition) is 2. The molecule has 1 aliphatic carbocycles. The quantitative estimate of drug-likeness (QED) is 0.597. The summed E-state index contributed by atoms with van der Waals surface area (Å²) in [7, 11) is 0. The van der Waals surface area contributed by atoms with Crippen molar-refractivity contribution >= 4 is 34.5 Å². The van der Waals surface area contributed by atoms with Crippen molar-refractivity contribution in [1.29, 1.82) is 0 Å². The average Bonchev–Trinajstić information content (AvgIpc) is 2.85. The van der Waals surface area contributed by atoms with Crippen LogP contribution >= 0.6 is 34.5 Å². The van der Waals surface area contributed by atoms with Gasteiger partial charge in [-0.2, -0.15) is 0 Å². The number of rotatable bonds is 4. The molecule has 0 atom stereocenters. The summed E-state index contributed by atoms with van der Waals surface area (Å²) >= 11 is 14.2. The topological polar surface area (TPSA) is 17.3 Å². The van der Waals surface area contributed by atoms with Crippen molar-refractivity contribution in [1.82, 2.24) is 4.57 Å². The Labute approximate surface area is 158 Å². The normalized spacial score (nSPS) is 17.6. The summed E-state index contributed by atoms with van der Waals surface area (Å²) in [6.07, 6.45) is 3.54. The number of halogens is 2. The van der Waals surface area contributed by atoms with Gasteiger partial charge in [0.05, 0.1) is 10.0 Å². The lowest BCUT2D eigenvalue weighted by Gasteiger charge is -2.43. The van der Waals surface area contributed by atoms with Gasteiger partial charge in [-0.15, -0.1) is 11.3 Å². The summed E-state index contributed by atoms with van der Waals surface area (Å²) in [4.78, 5) is 5.95. The first-order valence-corrected chi connectivity index (χ1v) is 10.2. The van der Waals surface area contributed by atoms with Crippen molar-refractivity contribution in [2.45, 2.75) is 64.5 Å². The van der Waals surface area contributed by atoms with Crippen LogP contribution in [0.15, 0.2) is 28.6 Å². The van der Waals surface area contributed by atoms with Gasteiger partial charge in [0, 0.05) is 28.6 Å². The first kappa shape index (κ1) is 18.0. The van der Waals surface area contributed by atoms with E-state index in [-0.39, 0.29) is 5.41 Å². The minimum atomic E-state index is 0.0414.